The van der Waals surface area contributed by atoms with Crippen molar-refractivity contribution in [2.24, 2.45) is 66.8 Å². The van der Waals surface area contributed by atoms with Crippen molar-refractivity contribution >= 4 is 158 Å². The third kappa shape index (κ3) is 41.4. The molecule has 15 amide bonds. The van der Waals surface area contributed by atoms with E-state index >= 15 is 9.59 Å². The number of aliphatic hydroxyl groups is 1. The van der Waals surface area contributed by atoms with Gasteiger partial charge >= 0.3 is 5.97 Å². The highest BCUT2D eigenvalue weighted by molar-refractivity contribution is 8.76. The molecule has 0 bridgehead atoms. The summed E-state index contributed by atoms with van der Waals surface area (Å²) in [6.45, 7) is 2.43. The summed E-state index contributed by atoms with van der Waals surface area (Å²) in [5.41, 5.74) is 46.5. The van der Waals surface area contributed by atoms with E-state index in [1.54, 1.807) is 56.7 Å². The number of H-pyrrole nitrogens is 1. The number of hydrogen-bond acceptors (Lipinski definition) is 27. The number of benzene rings is 2. The number of aliphatic imine (C=N–C) groups is 3. The van der Waals surface area contributed by atoms with Crippen LogP contribution in [0, 0.1) is 5.92 Å². The number of carboxylic acids is 1. The van der Waals surface area contributed by atoms with E-state index < -0.39 is 216 Å². The number of aliphatic hydroxyl groups excluding tert-OH is 1. The van der Waals surface area contributed by atoms with Crippen LogP contribution in [0.15, 0.2) is 82.1 Å². The number of guanidine groups is 3. The lowest BCUT2D eigenvalue weighted by molar-refractivity contribution is -0.141. The molecule has 702 valence electrons. The molecule has 3 aromatic rings. The first-order valence-corrected chi connectivity index (χ1v) is 45.9. The number of amides is 15. The van der Waals surface area contributed by atoms with Crippen LogP contribution in [-0.2, 0) is 96.0 Å². The number of aromatic nitrogens is 2. The van der Waals surface area contributed by atoms with Gasteiger partial charge in [-0.1, -0.05) is 84.3 Å². The van der Waals surface area contributed by atoms with E-state index in [0.717, 1.165) is 21.6 Å². The number of aliphatic carboxylic acids is 1. The summed E-state index contributed by atoms with van der Waals surface area (Å²) >= 11 is 2.59. The van der Waals surface area contributed by atoms with Crippen molar-refractivity contribution in [3.8, 4) is 5.75 Å². The predicted molar refractivity (Wildman–Crippen MR) is 479 cm³/mol. The molecule has 127 heavy (non-hydrogen) atoms. The minimum absolute atomic E-state index is 0.0114. The van der Waals surface area contributed by atoms with Gasteiger partial charge in [-0.2, -0.15) is 23.5 Å². The molecule has 1 fully saturated rings. The lowest BCUT2D eigenvalue weighted by atomic mass is 9.97. The van der Waals surface area contributed by atoms with Crippen molar-refractivity contribution in [2.75, 3.05) is 68.3 Å². The molecule has 1 aromatic heterocycles. The average Bonchev–Trinajstić information content (AvgIpc) is 1.42. The Balaban J connectivity index is 1.99. The van der Waals surface area contributed by atoms with Crippen LogP contribution in [0.3, 0.4) is 0 Å². The van der Waals surface area contributed by atoms with E-state index in [9.17, 15) is 82.4 Å². The molecule has 1 aliphatic rings. The van der Waals surface area contributed by atoms with Gasteiger partial charge in [-0.05, 0) is 118 Å². The third-order valence-electron chi connectivity index (χ3n) is 19.3. The second kappa shape index (κ2) is 57.7. The first-order chi connectivity index (χ1) is 60.3. The lowest BCUT2D eigenvalue weighted by Gasteiger charge is -2.28. The zero-order valence-corrected chi connectivity index (χ0v) is 74.5. The van der Waals surface area contributed by atoms with Crippen LogP contribution in [0.4, 0.5) is 0 Å². The monoisotopic (exact) mass is 1860 g/mol. The number of imidazole rings is 1. The van der Waals surface area contributed by atoms with Crippen LogP contribution < -0.4 is 120 Å². The van der Waals surface area contributed by atoms with Crippen LogP contribution in [0.2, 0.25) is 0 Å². The number of nitrogens with zero attached hydrogens (tertiary/aromatic N) is 4. The minimum atomic E-state index is -2.02. The van der Waals surface area contributed by atoms with E-state index in [2.05, 4.69) is 99.4 Å². The number of nitrogens with one attached hydrogen (secondary N) is 15. The van der Waals surface area contributed by atoms with Gasteiger partial charge in [0.05, 0.1) is 37.6 Å². The Labute approximate surface area is 750 Å². The first-order valence-electron chi connectivity index (χ1n) is 40.6. The van der Waals surface area contributed by atoms with E-state index in [1.807, 2.05) is 0 Å². The molecule has 15 atom stereocenters. The van der Waals surface area contributed by atoms with Crippen LogP contribution in [-0.4, -0.2) is 291 Å². The summed E-state index contributed by atoms with van der Waals surface area (Å²) in [4.78, 5) is 249. The summed E-state index contributed by atoms with van der Waals surface area (Å²) in [6.07, 6.45) is 3.56. The van der Waals surface area contributed by atoms with Gasteiger partial charge < -0.3 is 141 Å². The Bertz CT molecular complexity index is 4230. The Hall–Kier alpha value is -11.9. The standard InChI is InChI=1S/C77H121N27O19S4/c1-6-40(2)29-51-68(117)102-56(36-105)72(121)104-58(74(123)99-53(31-43-18-20-45(106)21-19-43)69(118)93-47(61(79)110)15-10-24-87-75(80)81)38-127-126-37-57(103-63(112)46(78)22-27-124-4)73(122)100-54(32-44-34-86-39-91-44)70(119)98-52(30-42-13-8-7-9-14-42)64(113)90-35-59(107)92-41(3)62(111)94-48(16-11-25-88-76(82)83)65(114)96-50(23-28-125-5)67(116)101-55(33-60(108)109)71(120)95-49(66(115)97-51)17-12-26-89-77(84)85/h7-9,13-14,18-21,34,39-41,46-58,105-106H,6,10-12,15-17,22-33,35-38,78H2,1-5H3,(H2,79,110)(H,86,91)(H,90,113)(H,92,107)(H,93,118)(H,94,111)(H,95,120)(H,96,114)(H,97,115)(H,98,119)(H,99,123)(H,100,122)(H,101,116)(H,102,117)(H,103,112)(H,104,121)(H,108,109)(H4,80,81,87)(H4,82,83,88)(H4,84,85,89)/t40-,41+,46-,47-,48-,49+,50+,51-,52+,53-,54-,55-,56+,57-,58+/m0/s1. The zero-order chi connectivity index (χ0) is 94.2. The van der Waals surface area contributed by atoms with Crippen molar-refractivity contribution in [3.63, 3.8) is 0 Å². The number of aromatic hydroxyl groups is 1. The SMILES string of the molecule is CC[C@H](C)C[C@@H]1NC(=O)[C@@H](CCCN=C(N)N)NC(=O)[C@H](CC(=O)O)NC(=O)[C@@H](CCSC)NC(=O)[C@H](CCCN=C(N)N)NC(=O)[C@@H](C)NC(=O)CNC(=O)[C@@H](Cc2ccccc2)NC(=O)[C@H](Cc2c[nH]cn2)NC(=O)[C@@H](NC(=O)[C@@H](N)CCSC)CSSC[C@H](C(=O)N[C@@H](Cc2ccc(O)cc2)C(=O)N[C@@H](CCCN=C(N)N)C(N)=O)NC(=O)[C@@H](CO)NC1=O. The Morgan fingerprint density at radius 3 is 1.63 bits per heavy atom. The van der Waals surface area contributed by atoms with Gasteiger partial charge in [-0.3, -0.25) is 91.7 Å². The van der Waals surface area contributed by atoms with Crippen molar-refractivity contribution in [2.45, 2.75) is 195 Å². The second-order valence-corrected chi connectivity index (χ2v) is 34.1. The molecule has 0 unspecified atom stereocenters. The number of rotatable bonds is 37. The van der Waals surface area contributed by atoms with E-state index in [1.165, 1.54) is 67.2 Å². The quantitative estimate of drug-likeness (QED) is 0.0110. The highest BCUT2D eigenvalue weighted by Gasteiger charge is 2.39. The fourth-order valence-corrected chi connectivity index (χ4v) is 15.4. The van der Waals surface area contributed by atoms with E-state index in [4.69, 9.17) is 45.9 Å². The maximum atomic E-state index is 15.2. The number of carboxylic acid groups (broad SMARTS) is 1. The van der Waals surface area contributed by atoms with Gasteiger partial charge in [-0.15, -0.1) is 0 Å². The molecule has 0 saturated carbocycles. The number of hydrogen-bond donors (Lipinski definition) is 26. The average molecular weight is 1860 g/mol. The van der Waals surface area contributed by atoms with Crippen LogP contribution in [0.25, 0.3) is 0 Å². The number of aromatic amines is 1. The molecule has 4 rings (SSSR count). The molecule has 1 aliphatic heterocycles. The number of nitrogens with two attached hydrogens (primary N) is 8. The summed E-state index contributed by atoms with van der Waals surface area (Å²) in [6, 6.07) is -9.15. The molecule has 1 saturated heterocycles. The largest absolute Gasteiger partial charge is 0.508 e. The number of thioether (sulfide) groups is 2. The van der Waals surface area contributed by atoms with Crippen molar-refractivity contribution in [3.05, 3.63) is 83.9 Å². The fourth-order valence-electron chi connectivity index (χ4n) is 12.1. The highest BCUT2D eigenvalue weighted by atomic mass is 33.1. The molecule has 2 aromatic carbocycles. The first kappa shape index (κ1) is 107. The molecule has 46 nitrogen and oxygen atoms in total. The van der Waals surface area contributed by atoms with E-state index in [0.29, 0.717) is 23.3 Å². The Morgan fingerprint density at radius 1 is 0.559 bits per heavy atom. The third-order valence-corrected chi connectivity index (χ3v) is 23.0. The molecular weight excluding hydrogens is 1740 g/mol. The smallest absolute Gasteiger partial charge is 0.305 e. The predicted octanol–water partition coefficient (Wildman–Crippen LogP) is -7.64. The number of primary amides is 1. The zero-order valence-electron chi connectivity index (χ0n) is 71.2. The Morgan fingerprint density at radius 2 is 1.07 bits per heavy atom. The molecule has 2 heterocycles. The molecule has 0 aliphatic carbocycles. The number of carbonyl (C=O) groups is 16. The topological polar surface area (TPSA) is 776 Å². The van der Waals surface area contributed by atoms with Crippen molar-refractivity contribution in [1.82, 2.24) is 84.4 Å². The Kier molecular flexibility index (Phi) is 48.8. The van der Waals surface area contributed by atoms with Crippen molar-refractivity contribution < 1.29 is 92.0 Å². The molecule has 50 heteroatoms. The van der Waals surface area contributed by atoms with Crippen LogP contribution in [0.5, 0.6) is 5.75 Å². The van der Waals surface area contributed by atoms with E-state index in [-0.39, 0.29) is 132 Å². The number of phenolic OH excluding ortho intramolecular Hbond substituents is 1. The molecular formula is C77H121N27O19S4. The van der Waals surface area contributed by atoms with Crippen molar-refractivity contribution in [1.29, 1.82) is 0 Å². The normalized spacial score (nSPS) is 22.0. The number of carbonyl (C=O) groups excluding carboxylic acids is 15. The molecule has 34 N–H and O–H groups in total. The summed E-state index contributed by atoms with van der Waals surface area (Å²) in [7, 11) is 1.60. The van der Waals surface area contributed by atoms with Gasteiger partial charge in [0.2, 0.25) is 88.6 Å². The van der Waals surface area contributed by atoms with Crippen LogP contribution >= 0.6 is 45.1 Å². The fraction of sp³-hybridized carbons (Fsp3) is 0.558. The molecule has 0 radical (unpaired) electrons. The number of phenols is 1. The highest BCUT2D eigenvalue weighted by Crippen LogP contribution is 2.25. The maximum Gasteiger partial charge on any atom is 0.305 e. The summed E-state index contributed by atoms with van der Waals surface area (Å²) < 4.78 is 0. The van der Waals surface area contributed by atoms with Gasteiger partial charge in [0, 0.05) is 56.6 Å². The van der Waals surface area contributed by atoms with Gasteiger partial charge in [-0.25, -0.2) is 4.98 Å². The van der Waals surface area contributed by atoms with Gasteiger partial charge in [0.1, 0.15) is 84.3 Å². The summed E-state index contributed by atoms with van der Waals surface area (Å²) in [5, 5.41) is 66.9. The maximum absolute atomic E-state index is 15.2. The lowest BCUT2D eigenvalue weighted by Crippen LogP contribution is -2.61. The second-order valence-electron chi connectivity index (χ2n) is 29.6. The summed E-state index contributed by atoms with van der Waals surface area (Å²) in [5.74, 6) is -19.4. The van der Waals surface area contributed by atoms with Crippen LogP contribution in [0.1, 0.15) is 108 Å². The molecule has 0 spiro atoms. The minimum Gasteiger partial charge on any atom is -0.508 e. The van der Waals surface area contributed by atoms with Gasteiger partial charge in [0.15, 0.2) is 17.9 Å². The van der Waals surface area contributed by atoms with Gasteiger partial charge in [0.25, 0.3) is 0 Å².